The average molecular weight is 407 g/mol. The van der Waals surface area contributed by atoms with Crippen LogP contribution in [0.2, 0.25) is 0 Å². The van der Waals surface area contributed by atoms with Gasteiger partial charge in [-0.25, -0.2) is 4.98 Å². The zero-order valence-corrected chi connectivity index (χ0v) is 15.6. The highest BCUT2D eigenvalue weighted by molar-refractivity contribution is 5.95. The molecule has 0 saturated heterocycles. The van der Waals surface area contributed by atoms with Crippen molar-refractivity contribution in [3.63, 3.8) is 0 Å². The van der Waals surface area contributed by atoms with Gasteiger partial charge in [0.1, 0.15) is 0 Å². The van der Waals surface area contributed by atoms with E-state index in [0.29, 0.717) is 28.0 Å². The molecule has 0 bridgehead atoms. The van der Waals surface area contributed by atoms with E-state index >= 15 is 0 Å². The van der Waals surface area contributed by atoms with Gasteiger partial charge in [-0.1, -0.05) is 36.4 Å². The Labute approximate surface area is 170 Å². The van der Waals surface area contributed by atoms with Crippen molar-refractivity contribution in [2.24, 2.45) is 0 Å². The number of carbonyl (C=O) groups is 1. The molecule has 0 atom stereocenters. The van der Waals surface area contributed by atoms with E-state index in [4.69, 9.17) is 0 Å². The van der Waals surface area contributed by atoms with E-state index in [-0.39, 0.29) is 12.3 Å². The van der Waals surface area contributed by atoms with Gasteiger partial charge in [0.25, 0.3) is 0 Å². The molecular formula is C23H16F3N3O. The predicted molar refractivity (Wildman–Crippen MR) is 109 cm³/mol. The summed E-state index contributed by atoms with van der Waals surface area (Å²) in [6, 6.07) is 17.4. The Balaban J connectivity index is 1.67. The van der Waals surface area contributed by atoms with Crippen LogP contribution in [0, 0.1) is 0 Å². The highest BCUT2D eigenvalue weighted by Crippen LogP contribution is 2.32. The van der Waals surface area contributed by atoms with E-state index in [2.05, 4.69) is 15.3 Å². The van der Waals surface area contributed by atoms with Gasteiger partial charge in [0.15, 0.2) is 0 Å². The summed E-state index contributed by atoms with van der Waals surface area (Å²) in [6.45, 7) is 0. The third kappa shape index (κ3) is 4.30. The van der Waals surface area contributed by atoms with Crippen LogP contribution in [-0.4, -0.2) is 15.9 Å². The van der Waals surface area contributed by atoms with Crippen molar-refractivity contribution in [2.75, 3.05) is 5.32 Å². The van der Waals surface area contributed by atoms with E-state index < -0.39 is 11.7 Å². The number of alkyl halides is 3. The van der Waals surface area contributed by atoms with Crippen LogP contribution in [0.4, 0.5) is 18.9 Å². The third-order valence-electron chi connectivity index (χ3n) is 4.60. The summed E-state index contributed by atoms with van der Waals surface area (Å²) < 4.78 is 39.2. The van der Waals surface area contributed by atoms with Gasteiger partial charge in [-0.05, 0) is 35.9 Å². The lowest BCUT2D eigenvalue weighted by Crippen LogP contribution is -2.14. The number of carbonyl (C=O) groups excluding carboxylic acids is 1. The highest BCUT2D eigenvalue weighted by Gasteiger charge is 2.30. The lowest BCUT2D eigenvalue weighted by atomic mass is 10.0. The lowest BCUT2D eigenvalue weighted by molar-refractivity contribution is -0.137. The van der Waals surface area contributed by atoms with Gasteiger partial charge in [-0.3, -0.25) is 9.78 Å². The Bertz CT molecular complexity index is 1210. The van der Waals surface area contributed by atoms with Crippen LogP contribution in [0.25, 0.3) is 22.2 Å². The molecule has 2 aromatic heterocycles. The fourth-order valence-corrected chi connectivity index (χ4v) is 3.18. The summed E-state index contributed by atoms with van der Waals surface area (Å²) in [7, 11) is 0. The number of amides is 1. The van der Waals surface area contributed by atoms with Crippen molar-refractivity contribution >= 4 is 22.5 Å². The van der Waals surface area contributed by atoms with Crippen LogP contribution < -0.4 is 5.32 Å². The molecule has 1 amide bonds. The van der Waals surface area contributed by atoms with Gasteiger partial charge < -0.3 is 5.32 Å². The molecule has 4 rings (SSSR count). The second kappa shape index (κ2) is 7.94. The van der Waals surface area contributed by atoms with E-state index in [0.717, 1.165) is 17.5 Å². The number of pyridine rings is 2. The van der Waals surface area contributed by atoms with Crippen LogP contribution in [0.15, 0.2) is 79.1 Å². The maximum Gasteiger partial charge on any atom is 0.416 e. The minimum atomic E-state index is -4.43. The lowest BCUT2D eigenvalue weighted by Gasteiger charge is -2.11. The molecule has 150 valence electrons. The standard InChI is InChI=1S/C23H16F3N3O/c24-23(25,26)18-6-2-4-16(13-18)20-8-7-15-3-1-5-17(22(15)29-20)14-21(30)28-19-9-11-27-12-10-19/h1-13H,14H2,(H,27,28,30). The maximum atomic E-state index is 13.1. The molecule has 0 aliphatic heterocycles. The Kier molecular flexibility index (Phi) is 5.18. The summed E-state index contributed by atoms with van der Waals surface area (Å²) in [4.78, 5) is 20.9. The number of nitrogens with zero attached hydrogens (tertiary/aromatic N) is 2. The summed E-state index contributed by atoms with van der Waals surface area (Å²) in [5.41, 5.74) is 1.95. The number of aromatic nitrogens is 2. The van der Waals surface area contributed by atoms with Gasteiger partial charge in [0.05, 0.1) is 23.2 Å². The normalized spacial score (nSPS) is 11.4. The van der Waals surface area contributed by atoms with Crippen LogP contribution >= 0.6 is 0 Å². The topological polar surface area (TPSA) is 54.9 Å². The maximum absolute atomic E-state index is 13.1. The first kappa shape index (κ1) is 19.6. The Hall–Kier alpha value is -3.74. The number of rotatable bonds is 4. The molecule has 7 heteroatoms. The molecular weight excluding hydrogens is 391 g/mol. The zero-order chi connectivity index (χ0) is 21.1. The Morgan fingerprint density at radius 2 is 1.70 bits per heavy atom. The second-order valence-electron chi connectivity index (χ2n) is 6.72. The number of hydrogen-bond acceptors (Lipinski definition) is 3. The van der Waals surface area contributed by atoms with Crippen molar-refractivity contribution in [1.29, 1.82) is 0 Å². The monoisotopic (exact) mass is 407 g/mol. The fourth-order valence-electron chi connectivity index (χ4n) is 3.18. The number of halogens is 3. The number of fused-ring (bicyclic) bond motifs is 1. The summed E-state index contributed by atoms with van der Waals surface area (Å²) in [6.07, 6.45) is -1.19. The predicted octanol–water partition coefficient (Wildman–Crippen LogP) is 5.50. The van der Waals surface area contributed by atoms with E-state index in [1.54, 1.807) is 48.8 Å². The minimum absolute atomic E-state index is 0.0821. The van der Waals surface area contributed by atoms with Crippen LogP contribution in [0.1, 0.15) is 11.1 Å². The molecule has 0 radical (unpaired) electrons. The smallest absolute Gasteiger partial charge is 0.326 e. The molecule has 0 spiro atoms. The largest absolute Gasteiger partial charge is 0.416 e. The molecule has 2 aromatic carbocycles. The average Bonchev–Trinajstić information content (AvgIpc) is 2.74. The van der Waals surface area contributed by atoms with Gasteiger partial charge in [0.2, 0.25) is 5.91 Å². The fraction of sp³-hybridized carbons (Fsp3) is 0.0870. The summed E-state index contributed by atoms with van der Waals surface area (Å²) >= 11 is 0. The van der Waals surface area contributed by atoms with Crippen molar-refractivity contribution in [1.82, 2.24) is 9.97 Å². The molecule has 0 aliphatic rings. The van der Waals surface area contributed by atoms with Crippen molar-refractivity contribution in [2.45, 2.75) is 12.6 Å². The number of hydrogen-bond donors (Lipinski definition) is 1. The molecule has 4 aromatic rings. The van der Waals surface area contributed by atoms with Crippen LogP contribution in [-0.2, 0) is 17.4 Å². The first-order chi connectivity index (χ1) is 14.4. The number of nitrogens with one attached hydrogen (secondary N) is 1. The van der Waals surface area contributed by atoms with Gasteiger partial charge in [-0.15, -0.1) is 0 Å². The van der Waals surface area contributed by atoms with Gasteiger partial charge in [0, 0.05) is 29.0 Å². The van der Waals surface area contributed by atoms with E-state index in [9.17, 15) is 18.0 Å². The SMILES string of the molecule is O=C(Cc1cccc2ccc(-c3cccc(C(F)(F)F)c3)nc12)Nc1ccncc1. The van der Waals surface area contributed by atoms with Crippen molar-refractivity contribution in [3.05, 3.63) is 90.3 Å². The summed E-state index contributed by atoms with van der Waals surface area (Å²) in [5.74, 6) is -0.222. The third-order valence-corrected chi connectivity index (χ3v) is 4.60. The van der Waals surface area contributed by atoms with Crippen LogP contribution in [0.3, 0.4) is 0 Å². The van der Waals surface area contributed by atoms with Crippen molar-refractivity contribution < 1.29 is 18.0 Å². The van der Waals surface area contributed by atoms with Crippen molar-refractivity contribution in [3.8, 4) is 11.3 Å². The van der Waals surface area contributed by atoms with Gasteiger partial charge in [-0.2, -0.15) is 13.2 Å². The molecule has 0 fully saturated rings. The molecule has 30 heavy (non-hydrogen) atoms. The molecule has 1 N–H and O–H groups in total. The first-order valence-corrected chi connectivity index (χ1v) is 9.16. The Morgan fingerprint density at radius 3 is 2.47 bits per heavy atom. The molecule has 2 heterocycles. The molecule has 0 unspecified atom stereocenters. The van der Waals surface area contributed by atoms with E-state index in [1.165, 1.54) is 6.07 Å². The van der Waals surface area contributed by atoms with Crippen LogP contribution in [0.5, 0.6) is 0 Å². The minimum Gasteiger partial charge on any atom is -0.326 e. The Morgan fingerprint density at radius 1 is 0.933 bits per heavy atom. The first-order valence-electron chi connectivity index (χ1n) is 9.16. The zero-order valence-electron chi connectivity index (χ0n) is 15.6. The number of anilines is 1. The number of benzene rings is 2. The summed E-state index contributed by atoms with van der Waals surface area (Å²) in [5, 5.41) is 3.60. The molecule has 0 saturated carbocycles. The van der Waals surface area contributed by atoms with E-state index in [1.807, 2.05) is 12.1 Å². The molecule has 4 nitrogen and oxygen atoms in total. The second-order valence-corrected chi connectivity index (χ2v) is 6.72. The van der Waals surface area contributed by atoms with Gasteiger partial charge >= 0.3 is 6.18 Å². The molecule has 0 aliphatic carbocycles. The quantitative estimate of drug-likeness (QED) is 0.486. The number of para-hydroxylation sites is 1. The highest BCUT2D eigenvalue weighted by atomic mass is 19.4.